The Kier molecular flexibility index (Phi) is 7.46. The van der Waals surface area contributed by atoms with E-state index in [9.17, 15) is 9.59 Å². The largest absolute Gasteiger partial charge is 0.378 e. The normalized spacial score (nSPS) is 11.4. The van der Waals surface area contributed by atoms with Crippen LogP contribution in [0.4, 0.5) is 5.69 Å². The van der Waals surface area contributed by atoms with Crippen molar-refractivity contribution >= 4 is 41.4 Å². The molecule has 7 nitrogen and oxygen atoms in total. The Morgan fingerprint density at radius 2 is 1.75 bits per heavy atom. The van der Waals surface area contributed by atoms with Gasteiger partial charge in [-0.15, -0.1) is 0 Å². The quantitative estimate of drug-likeness (QED) is 0.328. The number of amides is 2. The Balaban J connectivity index is 1.85. The van der Waals surface area contributed by atoms with Crippen LogP contribution in [0.5, 0.6) is 0 Å². The van der Waals surface area contributed by atoms with E-state index in [1.807, 2.05) is 73.2 Å². The van der Waals surface area contributed by atoms with Crippen LogP contribution in [-0.4, -0.2) is 36.7 Å². The molecule has 0 aliphatic carbocycles. The predicted octanol–water partition coefficient (Wildman–Crippen LogP) is 3.67. The molecule has 0 bridgehead atoms. The van der Waals surface area contributed by atoms with Crippen LogP contribution in [0.25, 0.3) is 6.08 Å². The molecule has 3 aromatic rings. The number of carbonyl (C=O) groups excluding carboxylic acids is 2. The molecule has 8 heteroatoms. The minimum atomic E-state index is -0.562. The highest BCUT2D eigenvalue weighted by Crippen LogP contribution is 2.17. The summed E-state index contributed by atoms with van der Waals surface area (Å²) in [6, 6.07) is 17.9. The topological polar surface area (TPSA) is 78.7 Å². The van der Waals surface area contributed by atoms with Crippen molar-refractivity contribution in [1.82, 2.24) is 15.3 Å². The zero-order chi connectivity index (χ0) is 23.1. The SMILES string of the molecule is CN(C)c1ccc(C=C(NC(=O)c2ccccc2Cl)C(=O)NN=Cc2cccn2C)cc1. The molecule has 2 aromatic carbocycles. The number of carbonyl (C=O) groups is 2. The number of nitrogens with zero attached hydrogens (tertiary/aromatic N) is 3. The van der Waals surface area contributed by atoms with Crippen molar-refractivity contribution in [3.05, 3.63) is 94.4 Å². The van der Waals surface area contributed by atoms with Gasteiger partial charge in [0.1, 0.15) is 5.70 Å². The average molecular weight is 450 g/mol. The number of aromatic nitrogens is 1. The predicted molar refractivity (Wildman–Crippen MR) is 129 cm³/mol. The molecule has 2 amide bonds. The van der Waals surface area contributed by atoms with E-state index in [0.29, 0.717) is 5.02 Å². The Bertz CT molecular complexity index is 1160. The number of hydrogen-bond donors (Lipinski definition) is 2. The van der Waals surface area contributed by atoms with Crippen molar-refractivity contribution < 1.29 is 9.59 Å². The van der Waals surface area contributed by atoms with E-state index in [-0.39, 0.29) is 11.3 Å². The van der Waals surface area contributed by atoms with Gasteiger partial charge in [-0.2, -0.15) is 5.10 Å². The molecule has 0 aliphatic heterocycles. The standard InChI is InChI=1S/C24H24ClN5O2/c1-29(2)18-12-10-17(11-13-18)15-22(27-23(31)20-8-4-5-9-21(20)25)24(32)28-26-16-19-7-6-14-30(19)3/h4-16H,1-3H3,(H,27,31)(H,28,32). The minimum absolute atomic E-state index is 0.0385. The third-order valence-corrected chi connectivity index (χ3v) is 5.01. The summed E-state index contributed by atoms with van der Waals surface area (Å²) in [5.41, 5.74) is 5.34. The van der Waals surface area contributed by atoms with Gasteiger partial charge in [0.05, 0.1) is 22.5 Å². The van der Waals surface area contributed by atoms with Gasteiger partial charge in [-0.1, -0.05) is 35.9 Å². The molecule has 3 rings (SSSR count). The smallest absolute Gasteiger partial charge is 0.287 e. The van der Waals surface area contributed by atoms with Crippen molar-refractivity contribution in [3.8, 4) is 0 Å². The number of halogens is 1. The summed E-state index contributed by atoms with van der Waals surface area (Å²) in [6.45, 7) is 0. The van der Waals surface area contributed by atoms with E-state index in [1.54, 1.807) is 30.3 Å². The van der Waals surface area contributed by atoms with E-state index >= 15 is 0 Å². The lowest BCUT2D eigenvalue weighted by Gasteiger charge is -2.13. The molecule has 0 fully saturated rings. The van der Waals surface area contributed by atoms with Gasteiger partial charge >= 0.3 is 0 Å². The fraction of sp³-hybridized carbons (Fsp3) is 0.125. The first-order valence-corrected chi connectivity index (χ1v) is 10.2. The van der Waals surface area contributed by atoms with Crippen molar-refractivity contribution in [2.75, 3.05) is 19.0 Å². The van der Waals surface area contributed by atoms with Crippen LogP contribution in [0.1, 0.15) is 21.6 Å². The Labute approximate surface area is 192 Å². The van der Waals surface area contributed by atoms with Gasteiger partial charge in [0, 0.05) is 33.0 Å². The lowest BCUT2D eigenvalue weighted by Crippen LogP contribution is -2.33. The summed E-state index contributed by atoms with van der Waals surface area (Å²) in [5.74, 6) is -1.05. The number of aryl methyl sites for hydroxylation is 1. The third-order valence-electron chi connectivity index (χ3n) is 4.68. The summed E-state index contributed by atoms with van der Waals surface area (Å²) >= 11 is 6.13. The average Bonchev–Trinajstić information content (AvgIpc) is 3.18. The Morgan fingerprint density at radius 3 is 2.38 bits per heavy atom. The van der Waals surface area contributed by atoms with Crippen molar-refractivity contribution in [3.63, 3.8) is 0 Å². The highest BCUT2D eigenvalue weighted by Gasteiger charge is 2.16. The second-order valence-electron chi connectivity index (χ2n) is 7.22. The van der Waals surface area contributed by atoms with E-state index in [0.717, 1.165) is 16.9 Å². The molecular weight excluding hydrogens is 426 g/mol. The molecule has 0 spiro atoms. The summed E-state index contributed by atoms with van der Waals surface area (Å²) in [7, 11) is 5.76. The first-order chi connectivity index (χ1) is 15.3. The van der Waals surface area contributed by atoms with Gasteiger partial charge in [0.15, 0.2) is 0 Å². The van der Waals surface area contributed by atoms with Gasteiger partial charge in [0.25, 0.3) is 11.8 Å². The van der Waals surface area contributed by atoms with Crippen LogP contribution < -0.4 is 15.6 Å². The van der Waals surface area contributed by atoms with Crippen LogP contribution in [0, 0.1) is 0 Å². The van der Waals surface area contributed by atoms with E-state index < -0.39 is 11.8 Å². The van der Waals surface area contributed by atoms with Crippen molar-refractivity contribution in [2.45, 2.75) is 0 Å². The summed E-state index contributed by atoms with van der Waals surface area (Å²) in [5, 5.41) is 6.95. The molecule has 0 saturated heterocycles. The molecule has 0 saturated carbocycles. The number of hydrazone groups is 1. The molecule has 0 radical (unpaired) electrons. The van der Waals surface area contributed by atoms with E-state index in [2.05, 4.69) is 15.8 Å². The Hall–Kier alpha value is -3.84. The molecule has 0 aliphatic rings. The van der Waals surface area contributed by atoms with Gasteiger partial charge in [-0.25, -0.2) is 5.43 Å². The maximum atomic E-state index is 12.8. The highest BCUT2D eigenvalue weighted by atomic mass is 35.5. The summed E-state index contributed by atoms with van der Waals surface area (Å²) < 4.78 is 1.86. The zero-order valence-corrected chi connectivity index (χ0v) is 18.8. The highest BCUT2D eigenvalue weighted by molar-refractivity contribution is 6.34. The van der Waals surface area contributed by atoms with E-state index in [4.69, 9.17) is 11.6 Å². The van der Waals surface area contributed by atoms with E-state index in [1.165, 1.54) is 6.21 Å². The number of anilines is 1. The number of hydrogen-bond acceptors (Lipinski definition) is 4. The van der Waals surface area contributed by atoms with Gasteiger partial charge in [-0.3, -0.25) is 9.59 Å². The second-order valence-corrected chi connectivity index (χ2v) is 7.63. The summed E-state index contributed by atoms with van der Waals surface area (Å²) in [6.07, 6.45) is 4.98. The molecule has 0 unspecified atom stereocenters. The molecule has 2 N–H and O–H groups in total. The fourth-order valence-electron chi connectivity index (χ4n) is 2.85. The first-order valence-electron chi connectivity index (χ1n) is 9.85. The molecule has 1 aromatic heterocycles. The fourth-order valence-corrected chi connectivity index (χ4v) is 3.08. The molecule has 0 atom stereocenters. The van der Waals surface area contributed by atoms with Crippen LogP contribution >= 0.6 is 11.6 Å². The molecule has 32 heavy (non-hydrogen) atoms. The van der Waals surface area contributed by atoms with Crippen LogP contribution in [0.2, 0.25) is 5.02 Å². The van der Waals surface area contributed by atoms with Gasteiger partial charge in [0.2, 0.25) is 0 Å². The second kappa shape index (κ2) is 10.5. The maximum absolute atomic E-state index is 12.8. The number of benzene rings is 2. The molecular formula is C24H24ClN5O2. The monoisotopic (exact) mass is 449 g/mol. The van der Waals surface area contributed by atoms with Crippen LogP contribution in [0.3, 0.4) is 0 Å². The lowest BCUT2D eigenvalue weighted by atomic mass is 10.1. The lowest BCUT2D eigenvalue weighted by molar-refractivity contribution is -0.117. The van der Waals surface area contributed by atoms with Crippen LogP contribution in [-0.2, 0) is 11.8 Å². The Morgan fingerprint density at radius 1 is 1.03 bits per heavy atom. The van der Waals surface area contributed by atoms with Crippen LogP contribution in [0.15, 0.2) is 77.7 Å². The third kappa shape index (κ3) is 5.86. The maximum Gasteiger partial charge on any atom is 0.287 e. The minimum Gasteiger partial charge on any atom is -0.378 e. The van der Waals surface area contributed by atoms with Crippen molar-refractivity contribution in [2.24, 2.45) is 12.1 Å². The molecule has 1 heterocycles. The molecule has 164 valence electrons. The zero-order valence-electron chi connectivity index (χ0n) is 18.0. The number of rotatable bonds is 7. The van der Waals surface area contributed by atoms with Gasteiger partial charge < -0.3 is 14.8 Å². The van der Waals surface area contributed by atoms with Crippen molar-refractivity contribution in [1.29, 1.82) is 0 Å². The van der Waals surface area contributed by atoms with Gasteiger partial charge in [-0.05, 0) is 48.0 Å². The number of nitrogens with one attached hydrogen (secondary N) is 2. The first kappa shape index (κ1) is 22.8. The summed E-state index contributed by atoms with van der Waals surface area (Å²) in [4.78, 5) is 27.6.